The molecule has 1 aliphatic carbocycles. The van der Waals surface area contributed by atoms with Crippen molar-refractivity contribution in [2.24, 2.45) is 16.8 Å². The standard InChI is InChI=1S/C33H37IN2O3/c1-35-14-6-9-29-11-10-26(21-34-29)23-39-32-19-27-18-28(33(37)30(27)20-31(32)38-2)17-24-12-15-36(16-13-24)22-25-7-4-3-5-8-25/h3-11,14,19-21,24,28H,12-13,15-18,22-23H2,1-2H3/b9-6-,35-14?. The van der Waals surface area contributed by atoms with Gasteiger partial charge in [0.05, 0.1) is 7.11 Å². The summed E-state index contributed by atoms with van der Waals surface area (Å²) in [7, 11) is 3.42. The Balaban J connectivity index is 1.16. The van der Waals surface area contributed by atoms with Crippen LogP contribution >= 0.6 is 20.7 Å². The van der Waals surface area contributed by atoms with E-state index >= 15 is 0 Å². The van der Waals surface area contributed by atoms with Crippen LogP contribution in [0.15, 0.2) is 80.9 Å². The summed E-state index contributed by atoms with van der Waals surface area (Å²) in [6, 6.07) is 14.6. The zero-order chi connectivity index (χ0) is 27.0. The molecule has 1 fully saturated rings. The van der Waals surface area contributed by atoms with Gasteiger partial charge in [-0.05, 0) is 95.8 Å². The fourth-order valence-electron chi connectivity index (χ4n) is 5.61. The van der Waals surface area contributed by atoms with Crippen LogP contribution in [0.3, 0.4) is 0 Å². The maximum absolute atomic E-state index is 13.3. The molecule has 2 aliphatic heterocycles. The third-order valence-electron chi connectivity index (χ3n) is 7.73. The number of halogens is 1. The molecule has 0 aromatic heterocycles. The van der Waals surface area contributed by atoms with Crippen molar-refractivity contribution >= 4 is 36.7 Å². The number of likely N-dealkylation sites (tertiary alicyclic amines) is 1. The number of hydrogen-bond donors (Lipinski definition) is 0. The molecule has 2 aromatic rings. The maximum Gasteiger partial charge on any atom is 0.166 e. The largest absolute Gasteiger partial charge is 0.493 e. The number of benzene rings is 2. The highest BCUT2D eigenvalue weighted by Gasteiger charge is 2.34. The van der Waals surface area contributed by atoms with E-state index in [9.17, 15) is 4.79 Å². The molecule has 39 heavy (non-hydrogen) atoms. The van der Waals surface area contributed by atoms with Crippen LogP contribution in [0.4, 0.5) is 0 Å². The maximum atomic E-state index is 13.3. The third-order valence-corrected chi connectivity index (χ3v) is 10.3. The quantitative estimate of drug-likeness (QED) is 0.218. The Bertz CT molecular complexity index is 1320. The van der Waals surface area contributed by atoms with E-state index in [1.54, 1.807) is 20.4 Å². The number of methoxy groups -OCH3 is 1. The lowest BCUT2D eigenvalue weighted by Crippen LogP contribution is -2.34. The van der Waals surface area contributed by atoms with Crippen molar-refractivity contribution in [3.63, 3.8) is 0 Å². The lowest BCUT2D eigenvalue weighted by Gasteiger charge is -2.32. The number of fused-ring (bicyclic) bond motifs is 1. The van der Waals surface area contributed by atoms with Crippen molar-refractivity contribution in [3.05, 3.63) is 92.6 Å². The molecule has 6 heteroatoms. The first kappa shape index (κ1) is 27.7. The van der Waals surface area contributed by atoms with E-state index in [2.05, 4.69) is 62.5 Å². The Kier molecular flexibility index (Phi) is 9.58. The summed E-state index contributed by atoms with van der Waals surface area (Å²) in [4.78, 5) is 19.9. The van der Waals surface area contributed by atoms with Crippen LogP contribution in [0.2, 0.25) is 0 Å². The number of ether oxygens (including phenoxy) is 2. The first-order valence-electron chi connectivity index (χ1n) is 13.7. The number of rotatable bonds is 10. The number of aliphatic imine (C=N–C) groups is 1. The molecule has 0 N–H and O–H groups in total. The van der Waals surface area contributed by atoms with Gasteiger partial charge in [-0.25, -0.2) is 0 Å². The zero-order valence-corrected chi connectivity index (χ0v) is 25.0. The Morgan fingerprint density at radius 2 is 1.92 bits per heavy atom. The molecule has 2 aromatic carbocycles. The monoisotopic (exact) mass is 636 g/mol. The van der Waals surface area contributed by atoms with E-state index in [4.69, 9.17) is 9.47 Å². The van der Waals surface area contributed by atoms with Crippen molar-refractivity contribution < 1.29 is 14.3 Å². The molecule has 3 aliphatic rings. The number of hydrogen-bond acceptors (Lipinski definition) is 5. The molecule has 204 valence electrons. The second-order valence-corrected chi connectivity index (χ2v) is 12.9. The zero-order valence-electron chi connectivity index (χ0n) is 22.8. The molecule has 0 radical (unpaired) electrons. The van der Waals surface area contributed by atoms with Crippen LogP contribution < -0.4 is 9.47 Å². The number of carbonyl (C=O) groups is 1. The highest BCUT2D eigenvalue weighted by atomic mass is 127. The first-order chi connectivity index (χ1) is 19.1. The molecule has 1 saturated heterocycles. The average Bonchev–Trinajstić information content (AvgIpc) is 3.27. The second-order valence-electron chi connectivity index (χ2n) is 10.4. The Labute approximate surface area is 242 Å². The summed E-state index contributed by atoms with van der Waals surface area (Å²) in [6.45, 7) is 3.73. The minimum absolute atomic E-state index is 0.0686. The second kappa shape index (κ2) is 13.5. The fourth-order valence-corrected chi connectivity index (χ4v) is 7.56. The van der Waals surface area contributed by atoms with Gasteiger partial charge in [-0.1, -0.05) is 57.1 Å². The fraction of sp³-hybridized carbons (Fsp3) is 0.364. The number of Topliss-reactive ketones (excluding diaryl/α,β-unsaturated/α-hetero) is 1. The number of carbonyl (C=O) groups excluding carboxylic acids is 1. The Hall–Kier alpha value is -2.84. The Morgan fingerprint density at radius 1 is 1.10 bits per heavy atom. The van der Waals surface area contributed by atoms with Gasteiger partial charge in [0.1, 0.15) is 6.61 Å². The molecular formula is C33H37IN2O3. The summed E-state index contributed by atoms with van der Waals surface area (Å²) < 4.78 is 15.5. The van der Waals surface area contributed by atoms with Crippen molar-refractivity contribution in [3.8, 4) is 11.5 Å². The predicted octanol–water partition coefficient (Wildman–Crippen LogP) is 6.58. The number of piperidine rings is 1. The first-order valence-corrected chi connectivity index (χ1v) is 16.1. The summed E-state index contributed by atoms with van der Waals surface area (Å²) in [5.41, 5.74) is 4.47. The minimum atomic E-state index is -0.186. The lowest BCUT2D eigenvalue weighted by molar-refractivity contribution is 0.0895. The lowest BCUT2D eigenvalue weighted by atomic mass is 9.85. The van der Waals surface area contributed by atoms with E-state index in [0.717, 1.165) is 62.2 Å². The van der Waals surface area contributed by atoms with Crippen molar-refractivity contribution in [2.75, 3.05) is 33.9 Å². The summed E-state index contributed by atoms with van der Waals surface area (Å²) in [6.07, 6.45) is 14.3. The molecule has 5 rings (SSSR count). The van der Waals surface area contributed by atoms with Crippen molar-refractivity contribution in [1.82, 2.24) is 4.90 Å². The van der Waals surface area contributed by atoms with Crippen LogP contribution in [-0.2, 0) is 13.0 Å². The SMILES string of the molecule is CN=C/C=C\C1=CC=C(COc2cc3c(cc2OC)C(=O)C(CC2CCN(Cc4ccccc4)CC2)C3)C=I1. The molecule has 0 spiro atoms. The van der Waals surface area contributed by atoms with Crippen molar-refractivity contribution in [1.29, 1.82) is 0 Å². The number of nitrogens with zero attached hydrogens (tertiary/aromatic N) is 2. The van der Waals surface area contributed by atoms with Gasteiger partial charge >= 0.3 is 0 Å². The molecule has 0 saturated carbocycles. The van der Waals surface area contributed by atoms with Crippen LogP contribution in [0.25, 0.3) is 0 Å². The number of ketones is 1. The number of allylic oxidation sites excluding steroid dienone is 5. The summed E-state index contributed by atoms with van der Waals surface area (Å²) in [5.74, 6) is 2.31. The molecule has 0 amide bonds. The molecule has 2 heterocycles. The van der Waals surface area contributed by atoms with E-state index in [1.807, 2.05) is 18.2 Å². The minimum Gasteiger partial charge on any atom is -0.493 e. The summed E-state index contributed by atoms with van der Waals surface area (Å²) >= 11 is -0.186. The highest BCUT2D eigenvalue weighted by molar-refractivity contribution is 14.2. The van der Waals surface area contributed by atoms with Crippen molar-refractivity contribution in [2.45, 2.75) is 32.2 Å². The topological polar surface area (TPSA) is 51.1 Å². The van der Waals surface area contributed by atoms with Gasteiger partial charge in [0.15, 0.2) is 17.3 Å². The van der Waals surface area contributed by atoms with E-state index < -0.39 is 0 Å². The van der Waals surface area contributed by atoms with E-state index in [0.29, 0.717) is 18.3 Å². The van der Waals surface area contributed by atoms with Crippen LogP contribution in [0.5, 0.6) is 11.5 Å². The van der Waals surface area contributed by atoms with Gasteiger partial charge in [-0.2, -0.15) is 0 Å². The van der Waals surface area contributed by atoms with E-state index in [-0.39, 0.29) is 32.4 Å². The van der Waals surface area contributed by atoms with Gasteiger partial charge in [-0.15, -0.1) is 0 Å². The molecule has 1 unspecified atom stereocenters. The normalized spacial score (nSPS) is 20.2. The third kappa shape index (κ3) is 7.22. The summed E-state index contributed by atoms with van der Waals surface area (Å²) in [5, 5.41) is 0. The average molecular weight is 637 g/mol. The Morgan fingerprint density at radius 3 is 2.64 bits per heavy atom. The molecule has 0 bridgehead atoms. The molecular weight excluding hydrogens is 599 g/mol. The van der Waals surface area contributed by atoms with Gasteiger partial charge in [0.2, 0.25) is 0 Å². The van der Waals surface area contributed by atoms with Crippen LogP contribution in [0, 0.1) is 11.8 Å². The van der Waals surface area contributed by atoms with E-state index in [1.165, 1.54) is 14.7 Å². The van der Waals surface area contributed by atoms with Crippen LogP contribution in [0.1, 0.15) is 40.7 Å². The molecule has 1 atom stereocenters. The van der Waals surface area contributed by atoms with Gasteiger partial charge < -0.3 is 9.47 Å². The predicted molar refractivity (Wildman–Crippen MR) is 169 cm³/mol. The van der Waals surface area contributed by atoms with Gasteiger partial charge in [0.25, 0.3) is 0 Å². The van der Waals surface area contributed by atoms with Gasteiger partial charge in [0, 0.05) is 34.9 Å². The molecule has 5 nitrogen and oxygen atoms in total. The highest BCUT2D eigenvalue weighted by Crippen LogP contribution is 2.40. The smallest absolute Gasteiger partial charge is 0.166 e. The van der Waals surface area contributed by atoms with Crippen LogP contribution in [-0.4, -0.2) is 54.8 Å². The van der Waals surface area contributed by atoms with Gasteiger partial charge in [-0.3, -0.25) is 14.7 Å².